The van der Waals surface area contributed by atoms with Gasteiger partial charge in [-0.3, -0.25) is 0 Å². The molecule has 2 aromatic heterocycles. The molecule has 0 radical (unpaired) electrons. The fourth-order valence-corrected chi connectivity index (χ4v) is 1.19. The fraction of sp³-hybridized carbons (Fsp3) is 0.111. The zero-order valence-corrected chi connectivity index (χ0v) is 8.16. The molecule has 72 valence electrons. The van der Waals surface area contributed by atoms with E-state index in [1.54, 1.807) is 6.20 Å². The van der Waals surface area contributed by atoms with Gasteiger partial charge in [0, 0.05) is 11.8 Å². The third kappa shape index (κ3) is 1.61. The van der Waals surface area contributed by atoms with Crippen LogP contribution in [-0.4, -0.2) is 14.8 Å². The van der Waals surface area contributed by atoms with E-state index in [1.807, 2.05) is 6.92 Å². The van der Waals surface area contributed by atoms with Crippen LogP contribution in [0.15, 0.2) is 24.5 Å². The summed E-state index contributed by atoms with van der Waals surface area (Å²) in [6.07, 6.45) is 2.88. The monoisotopic (exact) mass is 211 g/mol. The maximum Gasteiger partial charge on any atom is 0.154 e. The molecule has 0 N–H and O–H groups in total. The number of halogens is 2. The Morgan fingerprint density at radius 2 is 2.21 bits per heavy atom. The molecular weight excluding hydrogens is 205 g/mol. The molecule has 3 nitrogen and oxygen atoms in total. The van der Waals surface area contributed by atoms with Crippen molar-refractivity contribution in [3.05, 3.63) is 41.1 Å². The van der Waals surface area contributed by atoms with E-state index in [4.69, 9.17) is 11.6 Å². The van der Waals surface area contributed by atoms with Gasteiger partial charge in [-0.05, 0) is 19.1 Å². The molecule has 5 heteroatoms. The van der Waals surface area contributed by atoms with Crippen molar-refractivity contribution in [1.29, 1.82) is 0 Å². The number of hydrogen-bond donors (Lipinski definition) is 0. The quantitative estimate of drug-likeness (QED) is 0.725. The Morgan fingerprint density at radius 1 is 1.43 bits per heavy atom. The third-order valence-electron chi connectivity index (χ3n) is 1.78. The molecule has 0 aliphatic rings. The summed E-state index contributed by atoms with van der Waals surface area (Å²) in [6.45, 7) is 1.84. The average Bonchev–Trinajstić information content (AvgIpc) is 2.48. The first-order valence-corrected chi connectivity index (χ1v) is 4.38. The zero-order chi connectivity index (χ0) is 10.1. The Balaban J connectivity index is 2.44. The second-order valence-electron chi connectivity index (χ2n) is 2.88. The second-order valence-corrected chi connectivity index (χ2v) is 3.24. The second kappa shape index (κ2) is 3.38. The van der Waals surface area contributed by atoms with Crippen LogP contribution in [0.3, 0.4) is 0 Å². The molecule has 0 aromatic carbocycles. The van der Waals surface area contributed by atoms with Crippen LogP contribution in [-0.2, 0) is 0 Å². The number of nitrogens with zero attached hydrogens (tertiary/aromatic N) is 3. The van der Waals surface area contributed by atoms with Crippen LogP contribution in [0.2, 0.25) is 5.15 Å². The number of aromatic nitrogens is 3. The van der Waals surface area contributed by atoms with E-state index >= 15 is 0 Å². The zero-order valence-electron chi connectivity index (χ0n) is 7.41. The van der Waals surface area contributed by atoms with Crippen molar-refractivity contribution in [1.82, 2.24) is 14.8 Å². The number of pyridine rings is 1. The smallest absolute Gasteiger partial charge is 0.154 e. The molecule has 2 heterocycles. The lowest BCUT2D eigenvalue weighted by Crippen LogP contribution is -1.97. The molecule has 0 spiro atoms. The summed E-state index contributed by atoms with van der Waals surface area (Å²) < 4.78 is 14.1. The first-order chi connectivity index (χ1) is 6.66. The highest BCUT2D eigenvalue weighted by Gasteiger charge is 2.04. The highest BCUT2D eigenvalue weighted by atomic mass is 35.5. The standard InChI is InChI=1S/C9H7ClFN3/c1-6-5-14(13-9(6)10)8-3-2-7(11)4-12-8/h2-5H,1H3. The van der Waals surface area contributed by atoms with Gasteiger partial charge in [0.15, 0.2) is 11.0 Å². The molecule has 0 saturated heterocycles. The summed E-state index contributed by atoms with van der Waals surface area (Å²) >= 11 is 5.78. The van der Waals surface area contributed by atoms with Crippen molar-refractivity contribution in [3.8, 4) is 5.82 Å². The van der Waals surface area contributed by atoms with E-state index in [-0.39, 0.29) is 5.82 Å². The molecule has 0 aliphatic carbocycles. The molecule has 2 rings (SSSR count). The summed E-state index contributed by atoms with van der Waals surface area (Å²) in [5, 5.41) is 4.43. The molecule has 0 unspecified atom stereocenters. The number of aryl methyl sites for hydroxylation is 1. The van der Waals surface area contributed by atoms with E-state index in [0.717, 1.165) is 11.8 Å². The minimum atomic E-state index is -0.372. The predicted molar refractivity (Wildman–Crippen MR) is 51.1 cm³/mol. The molecule has 0 bridgehead atoms. The summed E-state index contributed by atoms with van der Waals surface area (Å²) in [5.41, 5.74) is 0.859. The summed E-state index contributed by atoms with van der Waals surface area (Å²) in [7, 11) is 0. The van der Waals surface area contributed by atoms with Gasteiger partial charge in [0.05, 0.1) is 6.20 Å². The Labute approximate surface area is 85.1 Å². The van der Waals surface area contributed by atoms with Gasteiger partial charge in [0.1, 0.15) is 5.82 Å². The summed E-state index contributed by atoms with van der Waals surface area (Å²) in [4.78, 5) is 3.87. The molecule has 2 aromatic rings. The van der Waals surface area contributed by atoms with Crippen LogP contribution in [0.25, 0.3) is 5.82 Å². The van der Waals surface area contributed by atoms with Gasteiger partial charge in [0.2, 0.25) is 0 Å². The van der Waals surface area contributed by atoms with E-state index in [9.17, 15) is 4.39 Å². The van der Waals surface area contributed by atoms with Gasteiger partial charge < -0.3 is 0 Å². The number of rotatable bonds is 1. The molecule has 0 atom stereocenters. The summed E-state index contributed by atoms with van der Waals surface area (Å²) in [5.74, 6) is 0.171. The molecule has 0 fully saturated rings. The van der Waals surface area contributed by atoms with Crippen LogP contribution < -0.4 is 0 Å². The Bertz CT molecular complexity index is 430. The maximum absolute atomic E-state index is 12.6. The first-order valence-electron chi connectivity index (χ1n) is 4.00. The van der Waals surface area contributed by atoms with E-state index in [1.165, 1.54) is 16.8 Å². The molecule has 0 aliphatic heterocycles. The van der Waals surface area contributed by atoms with Crippen LogP contribution in [0.4, 0.5) is 4.39 Å². The van der Waals surface area contributed by atoms with Crippen LogP contribution in [0.1, 0.15) is 5.56 Å². The normalized spacial score (nSPS) is 10.5. The van der Waals surface area contributed by atoms with Crippen LogP contribution in [0, 0.1) is 12.7 Å². The Hall–Kier alpha value is -1.42. The topological polar surface area (TPSA) is 30.7 Å². The van der Waals surface area contributed by atoms with Gasteiger partial charge >= 0.3 is 0 Å². The molecule has 14 heavy (non-hydrogen) atoms. The van der Waals surface area contributed by atoms with Crippen molar-refractivity contribution in [2.75, 3.05) is 0 Å². The SMILES string of the molecule is Cc1cn(-c2ccc(F)cn2)nc1Cl. The maximum atomic E-state index is 12.6. The van der Waals surface area contributed by atoms with Crippen molar-refractivity contribution >= 4 is 11.6 Å². The lowest BCUT2D eigenvalue weighted by Gasteiger charge is -1.97. The predicted octanol–water partition coefficient (Wildman–Crippen LogP) is 2.37. The summed E-state index contributed by atoms with van der Waals surface area (Å²) in [6, 6.07) is 2.87. The van der Waals surface area contributed by atoms with Gasteiger partial charge in [0.25, 0.3) is 0 Å². The fourth-order valence-electron chi connectivity index (χ4n) is 1.06. The highest BCUT2D eigenvalue weighted by Crippen LogP contribution is 2.14. The Morgan fingerprint density at radius 3 is 2.71 bits per heavy atom. The average molecular weight is 212 g/mol. The van der Waals surface area contributed by atoms with Gasteiger partial charge in [-0.1, -0.05) is 11.6 Å². The highest BCUT2D eigenvalue weighted by molar-refractivity contribution is 6.30. The lowest BCUT2D eigenvalue weighted by molar-refractivity contribution is 0.619. The molecular formula is C9H7ClFN3. The van der Waals surface area contributed by atoms with Gasteiger partial charge in [-0.15, -0.1) is 0 Å². The number of hydrogen-bond acceptors (Lipinski definition) is 2. The minimum Gasteiger partial charge on any atom is -0.234 e. The largest absolute Gasteiger partial charge is 0.234 e. The van der Waals surface area contributed by atoms with Crippen molar-refractivity contribution in [2.24, 2.45) is 0 Å². The van der Waals surface area contributed by atoms with Crippen molar-refractivity contribution in [3.63, 3.8) is 0 Å². The van der Waals surface area contributed by atoms with E-state index < -0.39 is 0 Å². The molecule has 0 amide bonds. The van der Waals surface area contributed by atoms with E-state index in [0.29, 0.717) is 11.0 Å². The minimum absolute atomic E-state index is 0.372. The van der Waals surface area contributed by atoms with Crippen molar-refractivity contribution in [2.45, 2.75) is 6.92 Å². The molecule has 0 saturated carbocycles. The Kier molecular flexibility index (Phi) is 2.21. The van der Waals surface area contributed by atoms with Crippen LogP contribution >= 0.6 is 11.6 Å². The van der Waals surface area contributed by atoms with Gasteiger partial charge in [-0.2, -0.15) is 5.10 Å². The lowest BCUT2D eigenvalue weighted by atomic mass is 10.4. The third-order valence-corrected chi connectivity index (χ3v) is 2.16. The van der Waals surface area contributed by atoms with Crippen molar-refractivity contribution < 1.29 is 4.39 Å². The van der Waals surface area contributed by atoms with Gasteiger partial charge in [-0.25, -0.2) is 14.1 Å². The van der Waals surface area contributed by atoms with Crippen LogP contribution in [0.5, 0.6) is 0 Å². The van der Waals surface area contributed by atoms with E-state index in [2.05, 4.69) is 10.1 Å². The first kappa shape index (κ1) is 9.15.